The lowest BCUT2D eigenvalue weighted by Gasteiger charge is -2.15. The molecule has 1 heterocycles. The maximum Gasteiger partial charge on any atom is 0.257 e. The van der Waals surface area contributed by atoms with Gasteiger partial charge in [-0.25, -0.2) is 0 Å². The number of rotatable bonds is 2. The predicted molar refractivity (Wildman–Crippen MR) is 54.4 cm³/mol. The standard InChI is InChI=1S/C5H8IN3OS/c1-9(11-6)5(10)4-2-3-7-8-4/h3-4,8H,2H2,1H3. The lowest BCUT2D eigenvalue weighted by molar-refractivity contribution is -0.126. The average molecular weight is 285 g/mol. The molecule has 1 rings (SSSR count). The number of carbonyl (C=O) groups excluding carboxylic acids is 1. The molecule has 1 aliphatic heterocycles. The second-order valence-electron chi connectivity index (χ2n) is 2.13. The fourth-order valence-electron chi connectivity index (χ4n) is 0.763. The Labute approximate surface area is 81.5 Å². The molecule has 1 N–H and O–H groups in total. The molecule has 0 fully saturated rings. The van der Waals surface area contributed by atoms with E-state index in [1.165, 1.54) is 9.12 Å². The molecule has 62 valence electrons. The summed E-state index contributed by atoms with van der Waals surface area (Å²) in [6, 6.07) is -0.151. The van der Waals surface area contributed by atoms with E-state index in [0.717, 1.165) is 0 Å². The maximum atomic E-state index is 11.3. The highest BCUT2D eigenvalue weighted by Crippen LogP contribution is 2.17. The van der Waals surface area contributed by atoms with Crippen molar-refractivity contribution < 1.29 is 4.79 Å². The number of likely N-dealkylation sites (N-methyl/N-ethyl adjacent to an activating group) is 1. The van der Waals surface area contributed by atoms with Crippen molar-refractivity contribution in [2.45, 2.75) is 12.5 Å². The van der Waals surface area contributed by atoms with Crippen molar-refractivity contribution in [3.05, 3.63) is 0 Å². The largest absolute Gasteiger partial charge is 0.297 e. The van der Waals surface area contributed by atoms with E-state index in [1.807, 2.05) is 0 Å². The first kappa shape index (κ1) is 9.11. The van der Waals surface area contributed by atoms with E-state index < -0.39 is 0 Å². The normalized spacial score (nSPS) is 21.5. The molecule has 4 nitrogen and oxygen atoms in total. The van der Waals surface area contributed by atoms with Crippen molar-refractivity contribution in [2.75, 3.05) is 7.05 Å². The molecular weight excluding hydrogens is 277 g/mol. The Morgan fingerprint density at radius 3 is 3.18 bits per heavy atom. The zero-order valence-electron chi connectivity index (χ0n) is 5.95. The number of amides is 1. The van der Waals surface area contributed by atoms with Crippen molar-refractivity contribution >= 4 is 42.4 Å². The SMILES string of the molecule is CN(SI)C(=O)C1CC=NN1. The Morgan fingerprint density at radius 1 is 2.00 bits per heavy atom. The monoisotopic (exact) mass is 285 g/mol. The fraction of sp³-hybridized carbons (Fsp3) is 0.600. The van der Waals surface area contributed by atoms with Gasteiger partial charge in [0.05, 0.1) is 0 Å². The van der Waals surface area contributed by atoms with Gasteiger partial charge >= 0.3 is 0 Å². The zero-order chi connectivity index (χ0) is 8.27. The molecule has 1 aliphatic rings. The van der Waals surface area contributed by atoms with Crippen LogP contribution in [-0.4, -0.2) is 29.5 Å². The molecule has 0 aromatic heterocycles. The van der Waals surface area contributed by atoms with Crippen LogP contribution in [0, 0.1) is 0 Å². The molecule has 0 spiro atoms. The van der Waals surface area contributed by atoms with E-state index in [0.29, 0.717) is 6.42 Å². The van der Waals surface area contributed by atoms with Gasteiger partial charge in [0.15, 0.2) is 0 Å². The van der Waals surface area contributed by atoms with E-state index in [9.17, 15) is 4.79 Å². The van der Waals surface area contributed by atoms with Gasteiger partial charge in [0.25, 0.3) is 5.91 Å². The highest BCUT2D eigenvalue weighted by molar-refractivity contribution is 14.2. The van der Waals surface area contributed by atoms with E-state index in [4.69, 9.17) is 0 Å². The topological polar surface area (TPSA) is 44.7 Å². The number of halogens is 1. The zero-order valence-corrected chi connectivity index (χ0v) is 8.92. The third-order valence-electron chi connectivity index (χ3n) is 1.37. The van der Waals surface area contributed by atoms with Crippen LogP contribution < -0.4 is 5.43 Å². The first-order valence-corrected chi connectivity index (χ1v) is 6.40. The Morgan fingerprint density at radius 2 is 2.73 bits per heavy atom. The number of hydrogen-bond donors (Lipinski definition) is 1. The molecule has 0 aromatic rings. The smallest absolute Gasteiger partial charge is 0.257 e. The van der Waals surface area contributed by atoms with Crippen molar-refractivity contribution in [1.29, 1.82) is 0 Å². The summed E-state index contributed by atoms with van der Waals surface area (Å²) in [6.45, 7) is 0. The molecule has 1 amide bonds. The number of carbonyl (C=O) groups is 1. The van der Waals surface area contributed by atoms with Gasteiger partial charge < -0.3 is 0 Å². The van der Waals surface area contributed by atoms with Crippen LogP contribution >= 0.6 is 30.3 Å². The van der Waals surface area contributed by atoms with Gasteiger partial charge in [0.2, 0.25) is 0 Å². The summed E-state index contributed by atoms with van der Waals surface area (Å²) in [4.78, 5) is 11.3. The van der Waals surface area contributed by atoms with Crippen LogP contribution in [0.2, 0.25) is 0 Å². The van der Waals surface area contributed by atoms with Crippen LogP contribution in [0.4, 0.5) is 0 Å². The highest BCUT2D eigenvalue weighted by Gasteiger charge is 2.22. The van der Waals surface area contributed by atoms with Crippen LogP contribution in [-0.2, 0) is 4.79 Å². The predicted octanol–water partition coefficient (Wildman–Crippen LogP) is 0.791. The average Bonchev–Trinajstić information content (AvgIpc) is 2.53. The van der Waals surface area contributed by atoms with Crippen molar-refractivity contribution in [1.82, 2.24) is 9.73 Å². The molecule has 0 radical (unpaired) electrons. The highest BCUT2D eigenvalue weighted by atomic mass is 127. The van der Waals surface area contributed by atoms with Gasteiger partial charge in [-0.15, -0.1) is 0 Å². The van der Waals surface area contributed by atoms with Gasteiger partial charge in [-0.2, -0.15) is 5.10 Å². The van der Waals surface area contributed by atoms with Gasteiger partial charge in [0, 0.05) is 50.0 Å². The number of nitrogens with zero attached hydrogens (tertiary/aromatic N) is 2. The summed E-state index contributed by atoms with van der Waals surface area (Å²) >= 11 is 2.07. The molecule has 0 saturated heterocycles. The van der Waals surface area contributed by atoms with E-state index in [2.05, 4.69) is 31.7 Å². The molecular formula is C5H8IN3OS. The Kier molecular flexibility index (Phi) is 3.44. The molecule has 0 aromatic carbocycles. The van der Waals surface area contributed by atoms with Gasteiger partial charge in [0.1, 0.15) is 6.04 Å². The summed E-state index contributed by atoms with van der Waals surface area (Å²) in [5, 5.41) is 3.77. The second kappa shape index (κ2) is 4.15. The Bertz CT molecular complexity index is 179. The third-order valence-corrected chi connectivity index (χ3v) is 3.53. The van der Waals surface area contributed by atoms with E-state index in [-0.39, 0.29) is 11.9 Å². The molecule has 0 saturated carbocycles. The minimum atomic E-state index is -0.151. The van der Waals surface area contributed by atoms with Crippen molar-refractivity contribution in [3.8, 4) is 0 Å². The molecule has 0 aliphatic carbocycles. The third kappa shape index (κ3) is 2.22. The minimum absolute atomic E-state index is 0.0712. The Balaban J connectivity index is 2.41. The number of hydrogen-bond acceptors (Lipinski definition) is 4. The summed E-state index contributed by atoms with van der Waals surface area (Å²) in [5.74, 6) is 0.0712. The van der Waals surface area contributed by atoms with Crippen molar-refractivity contribution in [3.63, 3.8) is 0 Å². The minimum Gasteiger partial charge on any atom is -0.297 e. The lowest BCUT2D eigenvalue weighted by Crippen LogP contribution is -2.37. The van der Waals surface area contributed by atoms with Crippen molar-refractivity contribution in [2.24, 2.45) is 5.10 Å². The molecule has 1 unspecified atom stereocenters. The summed E-state index contributed by atoms with van der Waals surface area (Å²) in [6.07, 6.45) is 2.41. The lowest BCUT2D eigenvalue weighted by atomic mass is 10.2. The molecule has 6 heteroatoms. The summed E-state index contributed by atoms with van der Waals surface area (Å²) < 4.78 is 1.59. The summed E-state index contributed by atoms with van der Waals surface area (Å²) in [5.41, 5.74) is 2.73. The van der Waals surface area contributed by atoms with Gasteiger partial charge in [-0.05, 0) is 0 Å². The maximum absolute atomic E-state index is 11.3. The van der Waals surface area contributed by atoms with Crippen LogP contribution in [0.15, 0.2) is 5.10 Å². The first-order chi connectivity index (χ1) is 5.25. The molecule has 0 bridgehead atoms. The molecule has 11 heavy (non-hydrogen) atoms. The van der Waals surface area contributed by atoms with Crippen LogP contribution in [0.5, 0.6) is 0 Å². The molecule has 1 atom stereocenters. The van der Waals surface area contributed by atoms with E-state index >= 15 is 0 Å². The van der Waals surface area contributed by atoms with Crippen LogP contribution in [0.25, 0.3) is 0 Å². The van der Waals surface area contributed by atoms with Crippen LogP contribution in [0.3, 0.4) is 0 Å². The number of hydrazone groups is 1. The second-order valence-corrected chi connectivity index (χ2v) is 4.00. The first-order valence-electron chi connectivity index (χ1n) is 3.09. The van der Waals surface area contributed by atoms with Gasteiger partial charge in [-0.1, -0.05) is 0 Å². The number of nitrogens with one attached hydrogen (secondary N) is 1. The quantitative estimate of drug-likeness (QED) is 0.602. The Hall–Kier alpha value is 0.0200. The summed E-state index contributed by atoms with van der Waals surface area (Å²) in [7, 11) is 3.13. The van der Waals surface area contributed by atoms with Crippen LogP contribution in [0.1, 0.15) is 6.42 Å². The van der Waals surface area contributed by atoms with Gasteiger partial charge in [-0.3, -0.25) is 14.5 Å². The van der Waals surface area contributed by atoms with E-state index in [1.54, 1.807) is 17.6 Å². The fourth-order valence-corrected chi connectivity index (χ4v) is 1.54.